The Morgan fingerprint density at radius 2 is 1.55 bits per heavy atom. The average molecular weight is 299 g/mol. The van der Waals surface area contributed by atoms with Crippen molar-refractivity contribution in [3.8, 4) is 11.5 Å². The summed E-state index contributed by atoms with van der Waals surface area (Å²) in [5.41, 5.74) is 0.517. The van der Waals surface area contributed by atoms with Crippen molar-refractivity contribution in [2.75, 3.05) is 13.2 Å². The first-order valence-electron chi connectivity index (χ1n) is 7.26. The van der Waals surface area contributed by atoms with Gasteiger partial charge in [0.05, 0.1) is 18.2 Å². The molecule has 3 nitrogen and oxygen atoms in total. The Bertz CT molecular complexity index is 444. The fraction of sp³-hybridized carbons (Fsp3) is 0.562. The summed E-state index contributed by atoms with van der Waals surface area (Å²) in [5.74, 6) is 1.25. The molecule has 0 atom stereocenters. The zero-order valence-corrected chi connectivity index (χ0v) is 13.3. The number of hydrogen-bond acceptors (Lipinski definition) is 3. The highest BCUT2D eigenvalue weighted by molar-refractivity contribution is 6.34. The van der Waals surface area contributed by atoms with Crippen molar-refractivity contribution < 1.29 is 14.3 Å². The van der Waals surface area contributed by atoms with Crippen LogP contribution in [0.5, 0.6) is 11.5 Å². The molecule has 1 aromatic carbocycles. The van der Waals surface area contributed by atoms with Gasteiger partial charge in [0.1, 0.15) is 0 Å². The van der Waals surface area contributed by atoms with Crippen LogP contribution in [-0.2, 0) is 0 Å². The average Bonchev–Trinajstić information content (AvgIpc) is 2.44. The molecule has 0 N–H and O–H groups in total. The Labute approximate surface area is 126 Å². The zero-order chi connectivity index (χ0) is 15.0. The van der Waals surface area contributed by atoms with Gasteiger partial charge in [0, 0.05) is 18.1 Å². The molecule has 1 aromatic rings. The monoisotopic (exact) mass is 298 g/mol. The molecule has 4 heteroatoms. The maximum atomic E-state index is 12.0. The number of carbonyl (C=O) groups is 1. The largest absolute Gasteiger partial charge is 0.490 e. The van der Waals surface area contributed by atoms with Gasteiger partial charge in [-0.3, -0.25) is 4.79 Å². The molecule has 0 saturated carbocycles. The molecule has 1 rings (SSSR count). The number of ether oxygens (including phenoxy) is 2. The molecule has 0 aliphatic heterocycles. The van der Waals surface area contributed by atoms with Crippen LogP contribution in [0.3, 0.4) is 0 Å². The van der Waals surface area contributed by atoms with E-state index in [9.17, 15) is 4.79 Å². The van der Waals surface area contributed by atoms with Crippen molar-refractivity contribution in [3.05, 3.63) is 22.7 Å². The summed E-state index contributed by atoms with van der Waals surface area (Å²) in [5, 5.41) is 0.429. The van der Waals surface area contributed by atoms with E-state index < -0.39 is 0 Å². The number of halogens is 1. The molecule has 0 aliphatic rings. The highest BCUT2D eigenvalue weighted by atomic mass is 35.5. The fourth-order valence-corrected chi connectivity index (χ4v) is 2.02. The third-order valence-electron chi connectivity index (χ3n) is 2.73. The summed E-state index contributed by atoms with van der Waals surface area (Å²) in [6, 6.07) is 3.39. The van der Waals surface area contributed by atoms with Crippen LogP contribution in [0.15, 0.2) is 12.1 Å². The Hall–Kier alpha value is -1.22. The predicted molar refractivity (Wildman–Crippen MR) is 82.3 cm³/mol. The molecule has 0 saturated heterocycles. The second-order valence-electron chi connectivity index (χ2n) is 4.65. The summed E-state index contributed by atoms with van der Waals surface area (Å²) in [6.07, 6.45) is 3.09. The van der Waals surface area contributed by atoms with Gasteiger partial charge in [0.15, 0.2) is 17.3 Å². The van der Waals surface area contributed by atoms with Crippen LogP contribution in [0.25, 0.3) is 0 Å². The third kappa shape index (κ3) is 4.71. The Morgan fingerprint density at radius 1 is 1.00 bits per heavy atom. The van der Waals surface area contributed by atoms with E-state index in [0.717, 1.165) is 19.3 Å². The summed E-state index contributed by atoms with van der Waals surface area (Å²) in [6.45, 7) is 7.23. The topological polar surface area (TPSA) is 35.5 Å². The molecule has 0 radical (unpaired) electrons. The van der Waals surface area contributed by atoms with E-state index in [1.807, 2.05) is 20.8 Å². The fourth-order valence-electron chi connectivity index (χ4n) is 1.76. The lowest BCUT2D eigenvalue weighted by Crippen LogP contribution is -2.05. The Kier molecular flexibility index (Phi) is 7.45. The van der Waals surface area contributed by atoms with Gasteiger partial charge in [-0.15, -0.1) is 0 Å². The lowest BCUT2D eigenvalue weighted by Gasteiger charge is -2.14. The van der Waals surface area contributed by atoms with Gasteiger partial charge in [-0.25, -0.2) is 0 Å². The van der Waals surface area contributed by atoms with Crippen molar-refractivity contribution in [3.63, 3.8) is 0 Å². The summed E-state index contributed by atoms with van der Waals surface area (Å²) in [4.78, 5) is 12.0. The van der Waals surface area contributed by atoms with Gasteiger partial charge in [-0.05, 0) is 25.3 Å². The minimum absolute atomic E-state index is 0.0425. The van der Waals surface area contributed by atoms with E-state index >= 15 is 0 Å². The Balaban J connectivity index is 3.06. The third-order valence-corrected chi connectivity index (χ3v) is 3.05. The van der Waals surface area contributed by atoms with Crippen LogP contribution < -0.4 is 9.47 Å². The first-order chi connectivity index (χ1) is 9.63. The second kappa shape index (κ2) is 8.85. The molecule has 0 aliphatic carbocycles. The molecular formula is C16H23ClO3. The first kappa shape index (κ1) is 16.8. The molecule has 112 valence electrons. The van der Waals surface area contributed by atoms with Gasteiger partial charge in [-0.2, -0.15) is 0 Å². The molecule has 0 heterocycles. The standard InChI is InChI=1S/C16H23ClO3/c1-4-7-14(18)12-10-15(19-8-5-2)16(11-13(12)17)20-9-6-3/h10-11H,4-9H2,1-3H3. The molecule has 0 amide bonds. The molecule has 0 bridgehead atoms. The van der Waals surface area contributed by atoms with Crippen LogP contribution in [0.2, 0.25) is 5.02 Å². The molecule has 0 unspecified atom stereocenters. The lowest BCUT2D eigenvalue weighted by molar-refractivity contribution is 0.0981. The molecule has 0 aromatic heterocycles. The normalized spacial score (nSPS) is 10.4. The zero-order valence-electron chi connectivity index (χ0n) is 12.5. The van der Waals surface area contributed by atoms with Crippen molar-refractivity contribution in [1.82, 2.24) is 0 Å². The minimum atomic E-state index is 0.0425. The number of carbonyl (C=O) groups excluding carboxylic acids is 1. The highest BCUT2D eigenvalue weighted by Gasteiger charge is 2.16. The molecular weight excluding hydrogens is 276 g/mol. The van der Waals surface area contributed by atoms with Crippen LogP contribution in [0, 0.1) is 0 Å². The van der Waals surface area contributed by atoms with E-state index in [-0.39, 0.29) is 5.78 Å². The summed E-state index contributed by atoms with van der Waals surface area (Å²) in [7, 11) is 0. The molecule has 0 fully saturated rings. The second-order valence-corrected chi connectivity index (χ2v) is 5.06. The van der Waals surface area contributed by atoms with Gasteiger partial charge >= 0.3 is 0 Å². The van der Waals surface area contributed by atoms with Gasteiger partial charge < -0.3 is 9.47 Å². The van der Waals surface area contributed by atoms with E-state index in [0.29, 0.717) is 41.7 Å². The van der Waals surface area contributed by atoms with E-state index in [2.05, 4.69) is 0 Å². The summed E-state index contributed by atoms with van der Waals surface area (Å²) >= 11 is 6.19. The smallest absolute Gasteiger partial charge is 0.164 e. The predicted octanol–water partition coefficient (Wildman–Crippen LogP) is 4.90. The minimum Gasteiger partial charge on any atom is -0.490 e. The maximum absolute atomic E-state index is 12.0. The summed E-state index contributed by atoms with van der Waals surface area (Å²) < 4.78 is 11.3. The van der Waals surface area contributed by atoms with Crippen molar-refractivity contribution in [2.24, 2.45) is 0 Å². The number of Topliss-reactive ketones (excluding diaryl/α,β-unsaturated/α-hetero) is 1. The number of ketones is 1. The van der Waals surface area contributed by atoms with Crippen LogP contribution in [0.1, 0.15) is 56.8 Å². The van der Waals surface area contributed by atoms with Gasteiger partial charge in [-0.1, -0.05) is 32.4 Å². The molecule has 0 spiro atoms. The lowest BCUT2D eigenvalue weighted by atomic mass is 10.1. The maximum Gasteiger partial charge on any atom is 0.164 e. The van der Waals surface area contributed by atoms with Crippen LogP contribution >= 0.6 is 11.6 Å². The van der Waals surface area contributed by atoms with Crippen molar-refractivity contribution in [1.29, 1.82) is 0 Å². The van der Waals surface area contributed by atoms with Crippen molar-refractivity contribution in [2.45, 2.75) is 46.5 Å². The van der Waals surface area contributed by atoms with Crippen LogP contribution in [0.4, 0.5) is 0 Å². The highest BCUT2D eigenvalue weighted by Crippen LogP contribution is 2.34. The first-order valence-corrected chi connectivity index (χ1v) is 7.64. The van der Waals surface area contributed by atoms with Crippen LogP contribution in [-0.4, -0.2) is 19.0 Å². The molecule has 20 heavy (non-hydrogen) atoms. The number of benzene rings is 1. The van der Waals surface area contributed by atoms with E-state index in [1.54, 1.807) is 12.1 Å². The van der Waals surface area contributed by atoms with E-state index in [1.165, 1.54) is 0 Å². The Morgan fingerprint density at radius 3 is 2.05 bits per heavy atom. The number of hydrogen-bond donors (Lipinski definition) is 0. The SMILES string of the molecule is CCCOc1cc(Cl)c(C(=O)CCC)cc1OCCC. The van der Waals surface area contributed by atoms with Gasteiger partial charge in [0.25, 0.3) is 0 Å². The van der Waals surface area contributed by atoms with Crippen molar-refractivity contribution >= 4 is 17.4 Å². The van der Waals surface area contributed by atoms with E-state index in [4.69, 9.17) is 21.1 Å². The van der Waals surface area contributed by atoms with Gasteiger partial charge in [0.2, 0.25) is 0 Å². The number of rotatable bonds is 9. The quantitative estimate of drug-likeness (QED) is 0.608.